The molecule has 43 heavy (non-hydrogen) atoms. The molecule has 0 heterocycles. The lowest BCUT2D eigenvalue weighted by atomic mass is 9.33. The first-order valence-corrected chi connectivity index (χ1v) is 17.8. The topological polar surface area (TPSA) is 72.5 Å². The van der Waals surface area contributed by atoms with Gasteiger partial charge in [0.25, 0.3) is 0 Å². The number of rotatable bonds is 5. The highest BCUT2D eigenvalue weighted by Gasteiger charge is 2.70. The third-order valence-corrected chi connectivity index (χ3v) is 15.7. The molecule has 0 aromatic rings. The van der Waals surface area contributed by atoms with Gasteiger partial charge in [-0.3, -0.25) is 4.79 Å². The molecule has 0 aliphatic heterocycles. The zero-order valence-corrected chi connectivity index (χ0v) is 28.5. The first-order chi connectivity index (χ1) is 20.1. The first kappa shape index (κ1) is 31.6. The van der Waals surface area contributed by atoms with Crippen molar-refractivity contribution in [3.8, 4) is 0 Å². The van der Waals surface area contributed by atoms with Crippen molar-refractivity contribution < 1.29 is 14.6 Å². The summed E-state index contributed by atoms with van der Waals surface area (Å²) in [6.45, 7) is 21.9. The number of carbonyl (C=O) groups excluding carboxylic acids is 1. The predicted molar refractivity (Wildman–Crippen MR) is 175 cm³/mol. The number of esters is 1. The Morgan fingerprint density at radius 2 is 1.70 bits per heavy atom. The van der Waals surface area contributed by atoms with Crippen LogP contribution in [-0.4, -0.2) is 29.8 Å². The van der Waals surface area contributed by atoms with Crippen molar-refractivity contribution in [2.24, 2.45) is 62.4 Å². The average molecular weight is 592 g/mol. The molecule has 0 spiro atoms. The van der Waals surface area contributed by atoms with Crippen molar-refractivity contribution in [1.82, 2.24) is 0 Å². The maximum atomic E-state index is 12.8. The highest BCUT2D eigenvalue weighted by Crippen LogP contribution is 2.76. The van der Waals surface area contributed by atoms with Gasteiger partial charge in [0.15, 0.2) is 0 Å². The molecule has 0 aromatic carbocycles. The summed E-state index contributed by atoms with van der Waals surface area (Å²) < 4.78 is 5.38. The fourth-order valence-electron chi connectivity index (χ4n) is 13.2. The van der Waals surface area contributed by atoms with E-state index in [0.717, 1.165) is 18.8 Å². The molecule has 4 saturated carbocycles. The third-order valence-electron chi connectivity index (χ3n) is 15.7. The summed E-state index contributed by atoms with van der Waals surface area (Å²) in [5.41, 5.74) is 11.8. The Morgan fingerprint density at radius 1 is 0.953 bits per heavy atom. The van der Waals surface area contributed by atoms with Crippen molar-refractivity contribution in [3.05, 3.63) is 35.5 Å². The van der Waals surface area contributed by atoms with Gasteiger partial charge in [-0.15, -0.1) is 0 Å². The predicted octanol–water partition coefficient (Wildman–Crippen LogP) is 8.54. The minimum absolute atomic E-state index is 0.0111. The van der Waals surface area contributed by atoms with Crippen molar-refractivity contribution >= 4 is 5.97 Å². The average Bonchev–Trinajstić information content (AvgIpc) is 3.31. The molecular formula is C39H61NO3. The lowest BCUT2D eigenvalue weighted by Crippen LogP contribution is -2.67. The van der Waals surface area contributed by atoms with Crippen LogP contribution >= 0.6 is 0 Å². The summed E-state index contributed by atoms with van der Waals surface area (Å²) in [6, 6.07) is 0. The van der Waals surface area contributed by atoms with E-state index in [-0.39, 0.29) is 28.9 Å². The molecule has 6 rings (SSSR count). The molecule has 4 nitrogen and oxygen atoms in total. The van der Waals surface area contributed by atoms with Gasteiger partial charge in [-0.2, -0.15) is 0 Å². The molecule has 0 saturated heterocycles. The lowest BCUT2D eigenvalue weighted by molar-refractivity contribution is -0.219. The highest BCUT2D eigenvalue weighted by atomic mass is 16.5. The van der Waals surface area contributed by atoms with Gasteiger partial charge >= 0.3 is 5.97 Å². The van der Waals surface area contributed by atoms with Crippen molar-refractivity contribution in [2.45, 2.75) is 131 Å². The van der Waals surface area contributed by atoms with Crippen LogP contribution in [0.2, 0.25) is 0 Å². The van der Waals surface area contributed by atoms with Crippen LogP contribution in [0.15, 0.2) is 35.5 Å². The number of hydrogen-bond acceptors (Lipinski definition) is 4. The van der Waals surface area contributed by atoms with Crippen molar-refractivity contribution in [2.75, 3.05) is 13.2 Å². The Balaban J connectivity index is 1.30. The minimum Gasteiger partial charge on any atom is -0.465 e. The van der Waals surface area contributed by atoms with Gasteiger partial charge in [0.1, 0.15) is 0 Å². The molecule has 6 aliphatic rings. The van der Waals surface area contributed by atoms with Crippen molar-refractivity contribution in [3.63, 3.8) is 0 Å². The largest absolute Gasteiger partial charge is 0.465 e. The minimum atomic E-state index is -0.780. The maximum absolute atomic E-state index is 12.8. The summed E-state index contributed by atoms with van der Waals surface area (Å²) in [6.07, 6.45) is 18.3. The molecule has 240 valence electrons. The number of aliphatic hydroxyl groups is 1. The molecule has 10 atom stereocenters. The highest BCUT2D eigenvalue weighted by molar-refractivity contribution is 5.77. The van der Waals surface area contributed by atoms with Crippen LogP contribution < -0.4 is 5.73 Å². The molecule has 4 fully saturated rings. The molecule has 3 N–H and O–H groups in total. The molecular weight excluding hydrogens is 530 g/mol. The Morgan fingerprint density at radius 3 is 2.33 bits per heavy atom. The third kappa shape index (κ3) is 4.23. The van der Waals surface area contributed by atoms with Gasteiger partial charge in [0, 0.05) is 5.54 Å². The van der Waals surface area contributed by atoms with Gasteiger partial charge < -0.3 is 15.6 Å². The van der Waals surface area contributed by atoms with Gasteiger partial charge in [-0.1, -0.05) is 58.9 Å². The fourth-order valence-corrected chi connectivity index (χ4v) is 13.2. The Bertz CT molecular complexity index is 1230. The van der Waals surface area contributed by atoms with E-state index in [4.69, 9.17) is 10.5 Å². The molecule has 0 aromatic heterocycles. The quantitative estimate of drug-likeness (QED) is 0.248. The summed E-state index contributed by atoms with van der Waals surface area (Å²) in [7, 11) is 0. The van der Waals surface area contributed by atoms with E-state index < -0.39 is 5.41 Å². The molecule has 6 aliphatic carbocycles. The molecule has 0 bridgehead atoms. The number of fused-ring (bicyclic) bond motifs is 7. The second-order valence-corrected chi connectivity index (χ2v) is 17.6. The normalized spacial score (nSPS) is 48.5. The summed E-state index contributed by atoms with van der Waals surface area (Å²) >= 11 is 0. The second kappa shape index (κ2) is 10.3. The number of aliphatic hydroxyl groups excluding tert-OH is 1. The van der Waals surface area contributed by atoms with E-state index in [1.165, 1.54) is 68.1 Å². The van der Waals surface area contributed by atoms with E-state index in [9.17, 15) is 9.90 Å². The van der Waals surface area contributed by atoms with Crippen LogP contribution in [0.3, 0.4) is 0 Å². The van der Waals surface area contributed by atoms with Crippen LogP contribution in [0.4, 0.5) is 0 Å². The van der Waals surface area contributed by atoms with E-state index in [1.807, 2.05) is 6.92 Å². The molecule has 0 unspecified atom stereocenters. The number of nitrogens with two attached hydrogens (primary N) is 1. The van der Waals surface area contributed by atoms with E-state index in [2.05, 4.69) is 60.3 Å². The number of allylic oxidation sites excluding steroid dienone is 5. The zero-order chi connectivity index (χ0) is 31.2. The van der Waals surface area contributed by atoms with Gasteiger partial charge in [0.2, 0.25) is 0 Å². The Hall–Kier alpha value is -1.39. The lowest BCUT2D eigenvalue weighted by Gasteiger charge is -2.72. The Kier molecular flexibility index (Phi) is 7.57. The molecule has 4 heteroatoms. The second-order valence-electron chi connectivity index (χ2n) is 17.6. The molecule has 0 radical (unpaired) electrons. The van der Waals surface area contributed by atoms with Crippen LogP contribution in [0.5, 0.6) is 0 Å². The monoisotopic (exact) mass is 591 g/mol. The number of carbonyl (C=O) groups is 1. The smallest absolute Gasteiger partial charge is 0.314 e. The van der Waals surface area contributed by atoms with Gasteiger partial charge in [-0.05, 0) is 153 Å². The standard InChI is InChI=1S/C39H61NO3/c1-9-43-33(42)38(24-41)19-12-26(13-20-38)28-15-17-35(6)30(34(28,4)5)16-18-37(8)31(35)11-10-29-32-27(25(2)3)14-21-39(32,40)23-22-36(29,37)7/h12,15,27,29-32,41H,2,9-11,13-14,16-24,40H2,1,3-8H3/t27-,29+,30-,31+,32+,35-,36+,37+,38-,39-/m0/s1. The van der Waals surface area contributed by atoms with Crippen molar-refractivity contribution in [1.29, 1.82) is 0 Å². The van der Waals surface area contributed by atoms with E-state index in [1.54, 1.807) is 0 Å². The van der Waals surface area contributed by atoms with Gasteiger partial charge in [-0.25, -0.2) is 0 Å². The Labute approximate surface area is 262 Å². The van der Waals surface area contributed by atoms with Gasteiger partial charge in [0.05, 0.1) is 18.6 Å². The summed E-state index contributed by atoms with van der Waals surface area (Å²) in [5, 5.41) is 10.2. The molecule has 0 amide bonds. The van der Waals surface area contributed by atoms with E-state index >= 15 is 0 Å². The zero-order valence-electron chi connectivity index (χ0n) is 28.5. The first-order valence-electron chi connectivity index (χ1n) is 17.8. The van der Waals surface area contributed by atoms with Crippen LogP contribution in [-0.2, 0) is 9.53 Å². The van der Waals surface area contributed by atoms with Crippen LogP contribution in [0.25, 0.3) is 0 Å². The number of hydrogen-bond donors (Lipinski definition) is 2. The van der Waals surface area contributed by atoms with Crippen LogP contribution in [0.1, 0.15) is 126 Å². The van der Waals surface area contributed by atoms with E-state index in [0.29, 0.717) is 54.0 Å². The summed E-state index contributed by atoms with van der Waals surface area (Å²) in [5.74, 6) is 3.02. The number of ether oxygens (including phenoxy) is 1. The summed E-state index contributed by atoms with van der Waals surface area (Å²) in [4.78, 5) is 12.8. The van der Waals surface area contributed by atoms with Crippen LogP contribution in [0, 0.1) is 56.7 Å². The SMILES string of the molecule is C=C(C)[C@@H]1CC[C@]2(N)CC[C@]3(C)[C@H](CC[C@@H]4[C@@]5(C)CC=C(C6=CC[C@](CO)(C(=O)OCC)CC6)C(C)(C)[C@@H]5CC[C@]43C)[C@@H]12. The fraction of sp³-hybridized carbons (Fsp3) is 0.821. The maximum Gasteiger partial charge on any atom is 0.314 e.